The monoisotopic (exact) mass is 451 g/mol. The summed E-state index contributed by atoms with van der Waals surface area (Å²) in [6.07, 6.45) is 0.603. The number of hydrogen-bond donors (Lipinski definition) is 0. The summed E-state index contributed by atoms with van der Waals surface area (Å²) in [6, 6.07) is 13.6. The first-order valence-electron chi connectivity index (χ1n) is 11.3. The SMILES string of the molecule is CCN1CCN(C2=C(c3ccc(C)cc3C)C(=O)N(CCc3ccc(Cl)cc3)C2=O)CC1. The van der Waals surface area contributed by atoms with Gasteiger partial charge in [0.25, 0.3) is 11.8 Å². The molecule has 2 aromatic rings. The zero-order valence-electron chi connectivity index (χ0n) is 19.0. The average molecular weight is 452 g/mol. The zero-order valence-corrected chi connectivity index (χ0v) is 19.8. The molecule has 6 heteroatoms. The third-order valence-electron chi connectivity index (χ3n) is 6.47. The minimum atomic E-state index is -0.191. The fraction of sp³-hybridized carbons (Fsp3) is 0.385. The molecule has 1 saturated heterocycles. The molecule has 0 bridgehead atoms. The average Bonchev–Trinajstić information content (AvgIpc) is 3.03. The summed E-state index contributed by atoms with van der Waals surface area (Å²) < 4.78 is 0. The molecule has 0 spiro atoms. The van der Waals surface area contributed by atoms with Gasteiger partial charge in [-0.1, -0.05) is 54.4 Å². The number of nitrogens with zero attached hydrogens (tertiary/aromatic N) is 3. The number of likely N-dealkylation sites (N-methyl/N-ethyl adjacent to an activating group) is 1. The fourth-order valence-electron chi connectivity index (χ4n) is 4.58. The van der Waals surface area contributed by atoms with E-state index in [9.17, 15) is 9.59 Å². The summed E-state index contributed by atoms with van der Waals surface area (Å²) in [5.74, 6) is -0.368. The van der Waals surface area contributed by atoms with Crippen LogP contribution in [0.4, 0.5) is 0 Å². The molecule has 1 fully saturated rings. The molecule has 0 aliphatic carbocycles. The van der Waals surface area contributed by atoms with Gasteiger partial charge < -0.3 is 9.80 Å². The predicted molar refractivity (Wildman–Crippen MR) is 128 cm³/mol. The van der Waals surface area contributed by atoms with Gasteiger partial charge in [0, 0.05) is 37.7 Å². The lowest BCUT2D eigenvalue weighted by Crippen LogP contribution is -2.47. The molecular formula is C26H30ClN3O2. The Morgan fingerprint density at radius 1 is 0.906 bits per heavy atom. The molecule has 2 heterocycles. The number of benzene rings is 2. The second kappa shape index (κ2) is 9.47. The van der Waals surface area contributed by atoms with E-state index < -0.39 is 0 Å². The van der Waals surface area contributed by atoms with Gasteiger partial charge in [0.05, 0.1) is 5.57 Å². The van der Waals surface area contributed by atoms with Gasteiger partial charge in [-0.05, 0) is 55.6 Å². The summed E-state index contributed by atoms with van der Waals surface area (Å²) in [5, 5.41) is 0.675. The molecule has 0 radical (unpaired) electrons. The minimum Gasteiger partial charge on any atom is -0.364 e. The number of carbonyl (C=O) groups excluding carboxylic acids is 2. The zero-order chi connectivity index (χ0) is 22.8. The first-order chi connectivity index (χ1) is 15.4. The fourth-order valence-corrected chi connectivity index (χ4v) is 4.70. The normalized spacial score (nSPS) is 17.6. The van der Waals surface area contributed by atoms with Crippen LogP contribution >= 0.6 is 11.6 Å². The van der Waals surface area contributed by atoms with E-state index in [2.05, 4.69) is 22.8 Å². The number of rotatable bonds is 6. The Bertz CT molecular complexity index is 1050. The first kappa shape index (κ1) is 22.6. The van der Waals surface area contributed by atoms with Crippen molar-refractivity contribution in [2.75, 3.05) is 39.3 Å². The standard InChI is InChI=1S/C26H30ClN3O2/c1-4-28-13-15-29(16-14-28)24-23(22-10-5-18(2)17-19(22)3)25(31)30(26(24)32)12-11-20-6-8-21(27)9-7-20/h5-10,17H,4,11-16H2,1-3H3. The van der Waals surface area contributed by atoms with Crippen molar-refractivity contribution < 1.29 is 9.59 Å². The van der Waals surface area contributed by atoms with Crippen molar-refractivity contribution in [1.29, 1.82) is 0 Å². The maximum Gasteiger partial charge on any atom is 0.277 e. The van der Waals surface area contributed by atoms with E-state index in [1.165, 1.54) is 4.90 Å². The van der Waals surface area contributed by atoms with E-state index in [1.807, 2.05) is 50.2 Å². The topological polar surface area (TPSA) is 43.9 Å². The number of piperazine rings is 1. The number of carbonyl (C=O) groups is 2. The van der Waals surface area contributed by atoms with Crippen LogP contribution in [0, 0.1) is 13.8 Å². The van der Waals surface area contributed by atoms with Gasteiger partial charge in [0.2, 0.25) is 0 Å². The van der Waals surface area contributed by atoms with Crippen LogP contribution in [-0.2, 0) is 16.0 Å². The van der Waals surface area contributed by atoms with Crippen molar-refractivity contribution in [2.24, 2.45) is 0 Å². The summed E-state index contributed by atoms with van der Waals surface area (Å²) in [7, 11) is 0. The van der Waals surface area contributed by atoms with Crippen molar-refractivity contribution in [2.45, 2.75) is 27.2 Å². The van der Waals surface area contributed by atoms with Crippen molar-refractivity contribution in [3.05, 3.63) is 75.4 Å². The lowest BCUT2D eigenvalue weighted by Gasteiger charge is -2.36. The second-order valence-electron chi connectivity index (χ2n) is 8.60. The van der Waals surface area contributed by atoms with Crippen LogP contribution < -0.4 is 0 Å². The number of halogens is 1. The minimum absolute atomic E-state index is 0.177. The molecule has 0 N–H and O–H groups in total. The highest BCUT2D eigenvalue weighted by Crippen LogP contribution is 2.34. The molecule has 5 nitrogen and oxygen atoms in total. The van der Waals surface area contributed by atoms with Crippen LogP contribution in [0.1, 0.15) is 29.2 Å². The largest absolute Gasteiger partial charge is 0.364 e. The van der Waals surface area contributed by atoms with E-state index in [4.69, 9.17) is 11.6 Å². The molecule has 2 amide bonds. The van der Waals surface area contributed by atoms with Crippen LogP contribution in [0.2, 0.25) is 5.02 Å². The van der Waals surface area contributed by atoms with Crippen molar-refractivity contribution in [3.8, 4) is 0 Å². The molecule has 32 heavy (non-hydrogen) atoms. The Hall–Kier alpha value is -2.63. The van der Waals surface area contributed by atoms with E-state index in [-0.39, 0.29) is 11.8 Å². The molecule has 4 rings (SSSR count). The van der Waals surface area contributed by atoms with E-state index >= 15 is 0 Å². The van der Waals surface area contributed by atoms with Crippen LogP contribution in [0.5, 0.6) is 0 Å². The van der Waals surface area contributed by atoms with E-state index in [1.54, 1.807) is 0 Å². The van der Waals surface area contributed by atoms with Crippen molar-refractivity contribution in [3.63, 3.8) is 0 Å². The molecular weight excluding hydrogens is 422 g/mol. The molecule has 0 unspecified atom stereocenters. The van der Waals surface area contributed by atoms with Gasteiger partial charge in [0.1, 0.15) is 5.70 Å². The van der Waals surface area contributed by atoms with Crippen LogP contribution in [0.25, 0.3) is 5.57 Å². The second-order valence-corrected chi connectivity index (χ2v) is 9.04. The molecule has 0 atom stereocenters. The molecule has 2 aliphatic heterocycles. The highest BCUT2D eigenvalue weighted by Gasteiger charge is 2.42. The quantitative estimate of drug-likeness (QED) is 0.624. The smallest absolute Gasteiger partial charge is 0.277 e. The van der Waals surface area contributed by atoms with Gasteiger partial charge in [-0.2, -0.15) is 0 Å². The molecule has 2 aromatic carbocycles. The summed E-state index contributed by atoms with van der Waals surface area (Å²) in [4.78, 5) is 33.1. The Morgan fingerprint density at radius 2 is 1.59 bits per heavy atom. The third kappa shape index (κ3) is 4.45. The van der Waals surface area contributed by atoms with Gasteiger partial charge in [0.15, 0.2) is 0 Å². The number of hydrogen-bond acceptors (Lipinski definition) is 4. The highest BCUT2D eigenvalue weighted by molar-refractivity contribution is 6.35. The van der Waals surface area contributed by atoms with E-state index in [0.29, 0.717) is 29.3 Å². The Kier molecular flexibility index (Phi) is 6.68. The number of amides is 2. The highest BCUT2D eigenvalue weighted by atomic mass is 35.5. The van der Waals surface area contributed by atoms with Crippen molar-refractivity contribution in [1.82, 2.24) is 14.7 Å². The Labute approximate surface area is 195 Å². The van der Waals surface area contributed by atoms with Crippen molar-refractivity contribution >= 4 is 29.0 Å². The van der Waals surface area contributed by atoms with Crippen LogP contribution in [-0.4, -0.2) is 65.8 Å². The maximum atomic E-state index is 13.6. The predicted octanol–water partition coefficient (Wildman–Crippen LogP) is 3.92. The first-order valence-corrected chi connectivity index (χ1v) is 11.7. The van der Waals surface area contributed by atoms with Gasteiger partial charge >= 0.3 is 0 Å². The Morgan fingerprint density at radius 3 is 2.22 bits per heavy atom. The van der Waals surface area contributed by atoms with Crippen LogP contribution in [0.3, 0.4) is 0 Å². The van der Waals surface area contributed by atoms with Gasteiger partial charge in [-0.3, -0.25) is 14.5 Å². The van der Waals surface area contributed by atoms with E-state index in [0.717, 1.165) is 55.0 Å². The summed E-state index contributed by atoms with van der Waals surface area (Å²) in [5.41, 5.74) is 5.18. The molecule has 2 aliphatic rings. The van der Waals surface area contributed by atoms with Crippen LogP contribution in [0.15, 0.2) is 48.2 Å². The van der Waals surface area contributed by atoms with Gasteiger partial charge in [-0.15, -0.1) is 0 Å². The lowest BCUT2D eigenvalue weighted by molar-refractivity contribution is -0.137. The molecule has 168 valence electrons. The molecule has 0 saturated carbocycles. The van der Waals surface area contributed by atoms with Gasteiger partial charge in [-0.25, -0.2) is 0 Å². The third-order valence-corrected chi connectivity index (χ3v) is 6.72. The molecule has 0 aromatic heterocycles. The summed E-state index contributed by atoms with van der Waals surface area (Å²) >= 11 is 5.99. The number of imide groups is 1. The summed E-state index contributed by atoms with van der Waals surface area (Å²) in [6.45, 7) is 10.8. The lowest BCUT2D eigenvalue weighted by atomic mass is 9.97. The number of aryl methyl sites for hydroxylation is 2. The Balaban J connectivity index is 1.65. The maximum absolute atomic E-state index is 13.6.